The Labute approximate surface area is 153 Å². The molecule has 1 unspecified atom stereocenters. The molecule has 132 valence electrons. The van der Waals surface area contributed by atoms with Gasteiger partial charge in [0.1, 0.15) is 5.69 Å². The van der Waals surface area contributed by atoms with Crippen molar-refractivity contribution in [3.63, 3.8) is 0 Å². The molecule has 4 rings (SSSR count). The number of aromatic amines is 1. The van der Waals surface area contributed by atoms with Gasteiger partial charge < -0.3 is 4.90 Å². The van der Waals surface area contributed by atoms with Gasteiger partial charge in [0, 0.05) is 24.9 Å². The predicted molar refractivity (Wildman–Crippen MR) is 99.8 cm³/mol. The molecule has 1 amide bonds. The molecular formula is C21H22N4O. The fraction of sp³-hybridized carbons (Fsp3) is 0.286. The molecule has 0 saturated carbocycles. The maximum atomic E-state index is 12.7. The van der Waals surface area contributed by atoms with E-state index < -0.39 is 0 Å². The van der Waals surface area contributed by atoms with Crippen molar-refractivity contribution in [2.45, 2.75) is 32.2 Å². The fourth-order valence-corrected chi connectivity index (χ4v) is 3.54. The molecule has 3 heterocycles. The predicted octanol–water partition coefficient (Wildman–Crippen LogP) is 3.68. The zero-order valence-electron chi connectivity index (χ0n) is 14.9. The van der Waals surface area contributed by atoms with Gasteiger partial charge in [0.2, 0.25) is 0 Å². The van der Waals surface area contributed by atoms with Crippen molar-refractivity contribution in [2.75, 3.05) is 6.54 Å². The third kappa shape index (κ3) is 3.38. The zero-order chi connectivity index (χ0) is 17.9. The summed E-state index contributed by atoms with van der Waals surface area (Å²) in [6.07, 6.45) is 4.35. The molecule has 5 nitrogen and oxygen atoms in total. The van der Waals surface area contributed by atoms with Crippen LogP contribution < -0.4 is 0 Å². The SMILES string of the molecule is Cc1ccc(Cc2cccc(C3CCCN3C(=O)c3ccn[nH]3)n2)cc1. The second-order valence-corrected chi connectivity index (χ2v) is 6.84. The summed E-state index contributed by atoms with van der Waals surface area (Å²) in [5.41, 5.74) is 5.05. The average Bonchev–Trinajstić information content (AvgIpc) is 3.35. The first kappa shape index (κ1) is 16.5. The van der Waals surface area contributed by atoms with Crippen LogP contribution in [0, 0.1) is 6.92 Å². The smallest absolute Gasteiger partial charge is 0.272 e. The van der Waals surface area contributed by atoms with Crippen LogP contribution in [-0.2, 0) is 6.42 Å². The summed E-state index contributed by atoms with van der Waals surface area (Å²) in [6, 6.07) is 16.4. The van der Waals surface area contributed by atoms with Crippen LogP contribution in [0.15, 0.2) is 54.7 Å². The number of aromatic nitrogens is 3. The summed E-state index contributed by atoms with van der Waals surface area (Å²) in [5, 5.41) is 6.66. The summed E-state index contributed by atoms with van der Waals surface area (Å²) in [7, 11) is 0. The number of H-pyrrole nitrogens is 1. The number of pyridine rings is 1. The van der Waals surface area contributed by atoms with E-state index in [2.05, 4.69) is 47.5 Å². The Hall–Kier alpha value is -2.95. The van der Waals surface area contributed by atoms with Crippen LogP contribution in [0.4, 0.5) is 0 Å². The van der Waals surface area contributed by atoms with E-state index in [0.717, 1.165) is 37.2 Å². The van der Waals surface area contributed by atoms with Crippen molar-refractivity contribution in [3.05, 3.63) is 82.9 Å². The Morgan fingerprint density at radius 3 is 2.81 bits per heavy atom. The van der Waals surface area contributed by atoms with Gasteiger partial charge in [-0.25, -0.2) is 0 Å². The van der Waals surface area contributed by atoms with Crippen LogP contribution >= 0.6 is 0 Å². The van der Waals surface area contributed by atoms with Gasteiger partial charge >= 0.3 is 0 Å². The van der Waals surface area contributed by atoms with Crippen molar-refractivity contribution in [1.29, 1.82) is 0 Å². The van der Waals surface area contributed by atoms with Gasteiger partial charge in [-0.3, -0.25) is 14.9 Å². The Balaban J connectivity index is 1.55. The van der Waals surface area contributed by atoms with Crippen molar-refractivity contribution in [2.24, 2.45) is 0 Å². The number of hydrogen-bond donors (Lipinski definition) is 1. The molecule has 2 aromatic heterocycles. The van der Waals surface area contributed by atoms with Crippen LogP contribution in [0.5, 0.6) is 0 Å². The van der Waals surface area contributed by atoms with Crippen LogP contribution in [0.2, 0.25) is 0 Å². The maximum absolute atomic E-state index is 12.7. The van der Waals surface area contributed by atoms with E-state index in [9.17, 15) is 4.79 Å². The molecule has 3 aromatic rings. The lowest BCUT2D eigenvalue weighted by Gasteiger charge is -2.24. The number of aryl methyl sites for hydroxylation is 1. The minimum atomic E-state index is -0.00395. The van der Waals surface area contributed by atoms with Crippen molar-refractivity contribution in [1.82, 2.24) is 20.1 Å². The fourth-order valence-electron chi connectivity index (χ4n) is 3.54. The molecular weight excluding hydrogens is 324 g/mol. The minimum Gasteiger partial charge on any atom is -0.329 e. The molecule has 1 N–H and O–H groups in total. The highest BCUT2D eigenvalue weighted by Gasteiger charge is 2.32. The summed E-state index contributed by atoms with van der Waals surface area (Å²) in [6.45, 7) is 2.85. The van der Waals surface area contributed by atoms with Gasteiger partial charge in [-0.2, -0.15) is 5.10 Å². The molecule has 0 bridgehead atoms. The normalized spacial score (nSPS) is 16.8. The highest BCUT2D eigenvalue weighted by molar-refractivity contribution is 5.92. The molecule has 1 fully saturated rings. The van der Waals surface area contributed by atoms with E-state index in [0.29, 0.717) is 5.69 Å². The molecule has 0 spiro atoms. The third-order valence-corrected chi connectivity index (χ3v) is 4.92. The van der Waals surface area contributed by atoms with E-state index in [1.165, 1.54) is 11.1 Å². The highest BCUT2D eigenvalue weighted by Crippen LogP contribution is 2.32. The minimum absolute atomic E-state index is 0.00395. The second-order valence-electron chi connectivity index (χ2n) is 6.84. The summed E-state index contributed by atoms with van der Waals surface area (Å²) in [4.78, 5) is 19.5. The molecule has 1 atom stereocenters. The molecule has 1 aromatic carbocycles. The number of nitrogens with zero attached hydrogens (tertiary/aromatic N) is 3. The Morgan fingerprint density at radius 2 is 2.04 bits per heavy atom. The first-order chi connectivity index (χ1) is 12.7. The average molecular weight is 346 g/mol. The first-order valence-corrected chi connectivity index (χ1v) is 9.02. The third-order valence-electron chi connectivity index (χ3n) is 4.92. The van der Waals surface area contributed by atoms with Gasteiger partial charge in [0.05, 0.1) is 11.7 Å². The largest absolute Gasteiger partial charge is 0.329 e. The molecule has 1 aliphatic rings. The molecule has 1 saturated heterocycles. The molecule has 1 aliphatic heterocycles. The van der Waals surface area contributed by atoms with Crippen LogP contribution in [0.3, 0.4) is 0 Å². The van der Waals surface area contributed by atoms with Crippen molar-refractivity contribution in [3.8, 4) is 0 Å². The summed E-state index contributed by atoms with van der Waals surface area (Å²) < 4.78 is 0. The molecule has 5 heteroatoms. The van der Waals surface area contributed by atoms with E-state index in [1.54, 1.807) is 12.3 Å². The van der Waals surface area contributed by atoms with Crippen LogP contribution in [-0.4, -0.2) is 32.5 Å². The number of amides is 1. The lowest BCUT2D eigenvalue weighted by molar-refractivity contribution is 0.0726. The van der Waals surface area contributed by atoms with E-state index in [-0.39, 0.29) is 11.9 Å². The van der Waals surface area contributed by atoms with Crippen molar-refractivity contribution < 1.29 is 4.79 Å². The first-order valence-electron chi connectivity index (χ1n) is 9.02. The maximum Gasteiger partial charge on any atom is 0.272 e. The van der Waals surface area contributed by atoms with Gasteiger partial charge in [-0.1, -0.05) is 35.9 Å². The summed E-state index contributed by atoms with van der Waals surface area (Å²) in [5.74, 6) is -0.00395. The zero-order valence-corrected chi connectivity index (χ0v) is 14.9. The lowest BCUT2D eigenvalue weighted by Crippen LogP contribution is -2.31. The monoisotopic (exact) mass is 346 g/mol. The standard InChI is InChI=1S/C21H22N4O/c1-15-7-9-16(10-8-15)14-17-4-2-5-18(23-17)20-6-3-13-25(20)21(26)19-11-12-22-24-19/h2,4-5,7-12,20H,3,6,13-14H2,1H3,(H,22,24). The molecule has 0 radical (unpaired) electrons. The quantitative estimate of drug-likeness (QED) is 0.784. The second kappa shape index (κ2) is 7.12. The van der Waals surface area contributed by atoms with E-state index in [4.69, 9.17) is 4.98 Å². The van der Waals surface area contributed by atoms with Crippen LogP contribution in [0.1, 0.15) is 51.9 Å². The Kier molecular flexibility index (Phi) is 4.52. The number of benzene rings is 1. The molecule has 0 aliphatic carbocycles. The topological polar surface area (TPSA) is 61.9 Å². The number of likely N-dealkylation sites (tertiary alicyclic amines) is 1. The van der Waals surface area contributed by atoms with E-state index >= 15 is 0 Å². The van der Waals surface area contributed by atoms with Gasteiger partial charge in [-0.05, 0) is 43.5 Å². The Bertz CT molecular complexity index is 887. The number of carbonyl (C=O) groups excluding carboxylic acids is 1. The van der Waals surface area contributed by atoms with Gasteiger partial charge in [0.25, 0.3) is 5.91 Å². The van der Waals surface area contributed by atoms with Crippen molar-refractivity contribution >= 4 is 5.91 Å². The summed E-state index contributed by atoms with van der Waals surface area (Å²) >= 11 is 0. The number of rotatable bonds is 4. The number of carbonyl (C=O) groups is 1. The lowest BCUT2D eigenvalue weighted by atomic mass is 10.1. The Morgan fingerprint density at radius 1 is 1.19 bits per heavy atom. The number of hydrogen-bond acceptors (Lipinski definition) is 3. The molecule has 26 heavy (non-hydrogen) atoms. The number of nitrogens with one attached hydrogen (secondary N) is 1. The van der Waals surface area contributed by atoms with Gasteiger partial charge in [0.15, 0.2) is 0 Å². The highest BCUT2D eigenvalue weighted by atomic mass is 16.2. The van der Waals surface area contributed by atoms with Gasteiger partial charge in [-0.15, -0.1) is 0 Å². The van der Waals surface area contributed by atoms with Crippen LogP contribution in [0.25, 0.3) is 0 Å². The van der Waals surface area contributed by atoms with E-state index in [1.807, 2.05) is 17.0 Å².